The van der Waals surface area contributed by atoms with Crippen molar-refractivity contribution in [1.82, 2.24) is 0 Å². The van der Waals surface area contributed by atoms with Crippen LogP contribution in [-0.4, -0.2) is 23.4 Å². The Morgan fingerprint density at radius 3 is 2.62 bits per heavy atom. The molecule has 1 aromatic carbocycles. The molecule has 86 valence electrons. The average Bonchev–Trinajstić information content (AvgIpc) is 2.21. The van der Waals surface area contributed by atoms with Crippen molar-refractivity contribution in [3.63, 3.8) is 0 Å². The minimum Gasteiger partial charge on any atom is -0.549 e. The second-order valence-electron chi connectivity index (χ2n) is 3.23. The molecule has 0 fully saturated rings. The summed E-state index contributed by atoms with van der Waals surface area (Å²) < 4.78 is 0. The van der Waals surface area contributed by atoms with E-state index in [0.717, 1.165) is 23.0 Å². The normalized spacial score (nSPS) is 9.81. The van der Waals surface area contributed by atoms with Gasteiger partial charge in [-0.2, -0.15) is 0 Å². The number of thioether (sulfide) groups is 1. The number of carboxylic acids is 1. The van der Waals surface area contributed by atoms with Crippen LogP contribution < -0.4 is 10.4 Å². The van der Waals surface area contributed by atoms with Crippen LogP contribution in [-0.2, 0) is 9.59 Å². The molecule has 0 bridgehead atoms. The van der Waals surface area contributed by atoms with Gasteiger partial charge in [-0.25, -0.2) is 0 Å². The van der Waals surface area contributed by atoms with Crippen molar-refractivity contribution in [2.75, 3.05) is 16.8 Å². The van der Waals surface area contributed by atoms with E-state index < -0.39 is 5.97 Å². The number of aliphatic carboxylic acids is 1. The van der Waals surface area contributed by atoms with Gasteiger partial charge < -0.3 is 15.2 Å². The lowest BCUT2D eigenvalue weighted by Crippen LogP contribution is -2.25. The van der Waals surface area contributed by atoms with Crippen LogP contribution in [0.25, 0.3) is 0 Å². The highest BCUT2D eigenvalue weighted by Crippen LogP contribution is 2.13. The Labute approximate surface area is 98.0 Å². The Kier molecular flexibility index (Phi) is 4.85. The summed E-state index contributed by atoms with van der Waals surface area (Å²) >= 11 is 1.02. The Morgan fingerprint density at radius 2 is 2.00 bits per heavy atom. The molecule has 4 nitrogen and oxygen atoms in total. The molecule has 1 aromatic rings. The number of hydrogen-bond acceptors (Lipinski definition) is 4. The second kappa shape index (κ2) is 6.17. The van der Waals surface area contributed by atoms with Gasteiger partial charge in [-0.1, -0.05) is 18.2 Å². The zero-order valence-electron chi connectivity index (χ0n) is 8.86. The number of hydrogen-bond donors (Lipinski definition) is 1. The molecule has 0 aliphatic carbocycles. The van der Waals surface area contributed by atoms with Crippen molar-refractivity contribution in [1.29, 1.82) is 0 Å². The Morgan fingerprint density at radius 1 is 1.31 bits per heavy atom. The van der Waals surface area contributed by atoms with Crippen molar-refractivity contribution in [2.24, 2.45) is 0 Å². The molecule has 0 aliphatic heterocycles. The van der Waals surface area contributed by atoms with Crippen molar-refractivity contribution < 1.29 is 14.7 Å². The van der Waals surface area contributed by atoms with Crippen LogP contribution in [0.1, 0.15) is 5.56 Å². The van der Waals surface area contributed by atoms with E-state index in [9.17, 15) is 14.7 Å². The molecular formula is C11H12NO3S-. The average molecular weight is 238 g/mol. The number of carbonyl (C=O) groups is 2. The first-order chi connectivity index (χ1) is 7.59. The van der Waals surface area contributed by atoms with E-state index in [0.29, 0.717) is 0 Å². The van der Waals surface area contributed by atoms with Gasteiger partial charge in [-0.05, 0) is 18.6 Å². The lowest BCUT2D eigenvalue weighted by Gasteiger charge is -2.07. The molecule has 0 spiro atoms. The number of amides is 1. The zero-order chi connectivity index (χ0) is 12.0. The maximum absolute atomic E-state index is 11.4. The maximum Gasteiger partial charge on any atom is 0.234 e. The first kappa shape index (κ1) is 12.6. The van der Waals surface area contributed by atoms with Crippen LogP contribution >= 0.6 is 11.8 Å². The monoisotopic (exact) mass is 238 g/mol. The highest BCUT2D eigenvalue weighted by Gasteiger charge is 2.03. The summed E-state index contributed by atoms with van der Waals surface area (Å²) in [5.74, 6) is -1.42. The quantitative estimate of drug-likeness (QED) is 0.807. The van der Waals surface area contributed by atoms with Gasteiger partial charge in [-0.15, -0.1) is 11.8 Å². The van der Waals surface area contributed by atoms with Crippen molar-refractivity contribution >= 4 is 29.3 Å². The van der Waals surface area contributed by atoms with Gasteiger partial charge in [0.15, 0.2) is 0 Å². The fraction of sp³-hybridized carbons (Fsp3) is 0.273. The number of nitrogens with one attached hydrogen (secondary N) is 1. The summed E-state index contributed by atoms with van der Waals surface area (Å²) in [5, 5.41) is 12.8. The molecule has 0 atom stereocenters. The number of para-hydroxylation sites is 1. The van der Waals surface area contributed by atoms with Gasteiger partial charge >= 0.3 is 0 Å². The largest absolute Gasteiger partial charge is 0.549 e. The molecule has 1 N–H and O–H groups in total. The third kappa shape index (κ3) is 4.35. The van der Waals surface area contributed by atoms with Crippen molar-refractivity contribution in [3.8, 4) is 0 Å². The molecule has 0 radical (unpaired) electrons. The summed E-state index contributed by atoms with van der Waals surface area (Å²) in [7, 11) is 0. The summed E-state index contributed by atoms with van der Waals surface area (Å²) in [6.45, 7) is 1.89. The van der Waals surface area contributed by atoms with E-state index in [2.05, 4.69) is 5.32 Å². The molecule has 0 unspecified atom stereocenters. The predicted octanol–water partition coefficient (Wildman–Crippen LogP) is 0.417. The van der Waals surface area contributed by atoms with Gasteiger partial charge in [0.2, 0.25) is 5.91 Å². The van der Waals surface area contributed by atoms with Gasteiger partial charge in [0.1, 0.15) is 0 Å². The number of rotatable bonds is 5. The zero-order valence-corrected chi connectivity index (χ0v) is 9.67. The molecule has 0 saturated carbocycles. The molecule has 0 aliphatic rings. The minimum absolute atomic E-state index is 0.113. The van der Waals surface area contributed by atoms with E-state index in [1.54, 1.807) is 6.07 Å². The Hall–Kier alpha value is -1.49. The number of carboxylic acid groups (broad SMARTS) is 1. The minimum atomic E-state index is -1.16. The molecule has 1 amide bonds. The molecule has 0 aromatic heterocycles. The van der Waals surface area contributed by atoms with Crippen LogP contribution in [0, 0.1) is 6.92 Å². The smallest absolute Gasteiger partial charge is 0.234 e. The van der Waals surface area contributed by atoms with Crippen LogP contribution in [0.2, 0.25) is 0 Å². The highest BCUT2D eigenvalue weighted by molar-refractivity contribution is 8.00. The second-order valence-corrected chi connectivity index (χ2v) is 4.21. The number of anilines is 1. The van der Waals surface area contributed by atoms with Gasteiger partial charge in [0.25, 0.3) is 0 Å². The van der Waals surface area contributed by atoms with Gasteiger partial charge in [-0.3, -0.25) is 4.79 Å². The Balaban J connectivity index is 2.40. The fourth-order valence-electron chi connectivity index (χ4n) is 1.13. The standard InChI is InChI=1S/C11H13NO3S/c1-8-4-2-3-5-9(8)12-10(13)6-16-7-11(14)15/h2-5H,6-7H2,1H3,(H,12,13)(H,14,15)/p-1. The number of aryl methyl sites for hydroxylation is 1. The lowest BCUT2D eigenvalue weighted by atomic mass is 10.2. The Bertz CT molecular complexity index is 393. The number of benzene rings is 1. The third-order valence-electron chi connectivity index (χ3n) is 1.87. The first-order valence-electron chi connectivity index (χ1n) is 4.72. The van der Waals surface area contributed by atoms with Crippen LogP contribution in [0.4, 0.5) is 5.69 Å². The van der Waals surface area contributed by atoms with E-state index in [4.69, 9.17) is 0 Å². The number of carbonyl (C=O) groups excluding carboxylic acids is 2. The van der Waals surface area contributed by atoms with Gasteiger partial charge in [0, 0.05) is 11.4 Å². The van der Waals surface area contributed by atoms with Crippen LogP contribution in [0.3, 0.4) is 0 Å². The third-order valence-corrected chi connectivity index (χ3v) is 2.78. The van der Waals surface area contributed by atoms with Crippen LogP contribution in [0.5, 0.6) is 0 Å². The summed E-state index contributed by atoms with van der Waals surface area (Å²) in [5.41, 5.74) is 1.72. The molecule has 16 heavy (non-hydrogen) atoms. The van der Waals surface area contributed by atoms with E-state index >= 15 is 0 Å². The van der Waals surface area contributed by atoms with Gasteiger partial charge in [0.05, 0.1) is 11.7 Å². The summed E-state index contributed by atoms with van der Waals surface area (Å²) in [6, 6.07) is 7.41. The lowest BCUT2D eigenvalue weighted by molar-refractivity contribution is -0.301. The van der Waals surface area contributed by atoms with E-state index in [-0.39, 0.29) is 17.4 Å². The molecule has 0 heterocycles. The fourth-order valence-corrected chi connectivity index (χ4v) is 1.65. The molecule has 1 rings (SSSR count). The highest BCUT2D eigenvalue weighted by atomic mass is 32.2. The van der Waals surface area contributed by atoms with E-state index in [1.807, 2.05) is 25.1 Å². The summed E-state index contributed by atoms with van der Waals surface area (Å²) in [4.78, 5) is 21.5. The van der Waals surface area contributed by atoms with Crippen LogP contribution in [0.15, 0.2) is 24.3 Å². The SMILES string of the molecule is Cc1ccccc1NC(=O)CSCC(=O)[O-]. The van der Waals surface area contributed by atoms with Crippen molar-refractivity contribution in [2.45, 2.75) is 6.92 Å². The molecular weight excluding hydrogens is 226 g/mol. The van der Waals surface area contributed by atoms with Crippen molar-refractivity contribution in [3.05, 3.63) is 29.8 Å². The summed E-state index contributed by atoms with van der Waals surface area (Å²) in [6.07, 6.45) is 0. The first-order valence-corrected chi connectivity index (χ1v) is 5.88. The van der Waals surface area contributed by atoms with E-state index in [1.165, 1.54) is 0 Å². The predicted molar refractivity (Wildman–Crippen MR) is 62.1 cm³/mol. The molecule has 5 heteroatoms. The molecule has 0 saturated heterocycles. The topological polar surface area (TPSA) is 69.2 Å². The maximum atomic E-state index is 11.4.